The molecule has 0 radical (unpaired) electrons. The molecule has 0 amide bonds. The molecule has 0 fully saturated rings. The molecule has 15 heavy (non-hydrogen) atoms. The van der Waals surface area contributed by atoms with Crippen molar-refractivity contribution in [2.45, 2.75) is 26.0 Å². The van der Waals surface area contributed by atoms with Crippen molar-refractivity contribution in [2.24, 2.45) is 0 Å². The monoisotopic (exact) mass is 247 g/mol. The summed E-state index contributed by atoms with van der Waals surface area (Å²) >= 11 is 11.8. The summed E-state index contributed by atoms with van der Waals surface area (Å²) in [5.74, 6) is 0. The predicted molar refractivity (Wildman–Crippen MR) is 64.5 cm³/mol. The third kappa shape index (κ3) is 4.85. The van der Waals surface area contributed by atoms with E-state index in [2.05, 4.69) is 5.32 Å². The molecule has 0 spiro atoms. The first kappa shape index (κ1) is 12.8. The summed E-state index contributed by atoms with van der Waals surface area (Å²) in [6.07, 6.45) is 0.463. The molecule has 0 aliphatic rings. The van der Waals surface area contributed by atoms with E-state index >= 15 is 0 Å². The van der Waals surface area contributed by atoms with Crippen molar-refractivity contribution in [2.75, 3.05) is 6.54 Å². The van der Waals surface area contributed by atoms with E-state index in [1.165, 1.54) is 0 Å². The van der Waals surface area contributed by atoms with Crippen molar-refractivity contribution in [1.82, 2.24) is 5.32 Å². The second kappa shape index (κ2) is 6.33. The van der Waals surface area contributed by atoms with Crippen LogP contribution in [0.4, 0.5) is 0 Å². The van der Waals surface area contributed by atoms with E-state index in [0.717, 1.165) is 18.5 Å². The molecule has 0 heterocycles. The number of benzene rings is 1. The van der Waals surface area contributed by atoms with E-state index in [9.17, 15) is 0 Å². The largest absolute Gasteiger partial charge is 0.393 e. The SMILES string of the molecule is CC(O)CCNCc1cc(Cl)ccc1Cl. The van der Waals surface area contributed by atoms with Gasteiger partial charge < -0.3 is 10.4 Å². The molecule has 0 saturated carbocycles. The van der Waals surface area contributed by atoms with Gasteiger partial charge in [0, 0.05) is 16.6 Å². The zero-order valence-corrected chi connectivity index (χ0v) is 10.1. The molecule has 2 nitrogen and oxygen atoms in total. The third-order valence-electron chi connectivity index (χ3n) is 2.06. The molecule has 4 heteroatoms. The lowest BCUT2D eigenvalue weighted by atomic mass is 10.2. The highest BCUT2D eigenvalue weighted by Gasteiger charge is 2.01. The van der Waals surface area contributed by atoms with Gasteiger partial charge in [-0.2, -0.15) is 0 Å². The Balaban J connectivity index is 2.40. The summed E-state index contributed by atoms with van der Waals surface area (Å²) in [5, 5.41) is 13.7. The van der Waals surface area contributed by atoms with Crippen LogP contribution < -0.4 is 5.32 Å². The molecule has 0 aliphatic heterocycles. The summed E-state index contributed by atoms with van der Waals surface area (Å²) in [4.78, 5) is 0. The summed E-state index contributed by atoms with van der Waals surface area (Å²) in [5.41, 5.74) is 0.981. The zero-order valence-electron chi connectivity index (χ0n) is 8.63. The number of aliphatic hydroxyl groups is 1. The topological polar surface area (TPSA) is 32.3 Å². The van der Waals surface area contributed by atoms with E-state index in [1.807, 2.05) is 6.07 Å². The maximum Gasteiger partial charge on any atom is 0.0524 e. The molecule has 84 valence electrons. The van der Waals surface area contributed by atoms with Crippen molar-refractivity contribution in [1.29, 1.82) is 0 Å². The van der Waals surface area contributed by atoms with Gasteiger partial charge in [-0.3, -0.25) is 0 Å². The van der Waals surface area contributed by atoms with Gasteiger partial charge in [0.1, 0.15) is 0 Å². The molecule has 0 saturated heterocycles. The maximum absolute atomic E-state index is 9.06. The van der Waals surface area contributed by atoms with E-state index in [4.69, 9.17) is 28.3 Å². The maximum atomic E-state index is 9.06. The Bertz CT molecular complexity index is 315. The van der Waals surface area contributed by atoms with Crippen LogP contribution in [-0.2, 0) is 6.54 Å². The Morgan fingerprint density at radius 2 is 2.13 bits per heavy atom. The third-order valence-corrected chi connectivity index (χ3v) is 2.67. The molecule has 1 aromatic rings. The van der Waals surface area contributed by atoms with Gasteiger partial charge in [-0.15, -0.1) is 0 Å². The lowest BCUT2D eigenvalue weighted by molar-refractivity contribution is 0.183. The minimum atomic E-state index is -0.271. The van der Waals surface area contributed by atoms with Crippen molar-refractivity contribution in [3.05, 3.63) is 33.8 Å². The van der Waals surface area contributed by atoms with Gasteiger partial charge in [-0.1, -0.05) is 23.2 Å². The van der Waals surface area contributed by atoms with Gasteiger partial charge in [0.05, 0.1) is 6.10 Å². The van der Waals surface area contributed by atoms with Crippen LogP contribution >= 0.6 is 23.2 Å². The smallest absolute Gasteiger partial charge is 0.0524 e. The number of aliphatic hydroxyl groups excluding tert-OH is 1. The first-order valence-electron chi connectivity index (χ1n) is 4.92. The van der Waals surface area contributed by atoms with Gasteiger partial charge >= 0.3 is 0 Å². The number of nitrogens with one attached hydrogen (secondary N) is 1. The first-order valence-corrected chi connectivity index (χ1v) is 5.68. The zero-order chi connectivity index (χ0) is 11.3. The van der Waals surface area contributed by atoms with Crippen LogP contribution in [0.25, 0.3) is 0 Å². The highest BCUT2D eigenvalue weighted by atomic mass is 35.5. The number of rotatable bonds is 5. The van der Waals surface area contributed by atoms with E-state index < -0.39 is 0 Å². The summed E-state index contributed by atoms with van der Waals surface area (Å²) in [6, 6.07) is 5.40. The van der Waals surface area contributed by atoms with E-state index in [-0.39, 0.29) is 6.10 Å². The van der Waals surface area contributed by atoms with Gasteiger partial charge in [-0.25, -0.2) is 0 Å². The van der Waals surface area contributed by atoms with Gasteiger partial charge in [-0.05, 0) is 43.7 Å². The summed E-state index contributed by atoms with van der Waals surface area (Å²) in [7, 11) is 0. The molecule has 0 bridgehead atoms. The molecule has 1 rings (SSSR count). The van der Waals surface area contributed by atoms with Gasteiger partial charge in [0.25, 0.3) is 0 Å². The molecule has 2 N–H and O–H groups in total. The molecule has 1 aromatic carbocycles. The van der Waals surface area contributed by atoms with Crippen molar-refractivity contribution in [3.8, 4) is 0 Å². The Morgan fingerprint density at radius 3 is 2.80 bits per heavy atom. The normalized spacial score (nSPS) is 12.8. The summed E-state index contributed by atoms with van der Waals surface area (Å²) in [6.45, 7) is 3.21. The van der Waals surface area contributed by atoms with Crippen molar-refractivity contribution in [3.63, 3.8) is 0 Å². The van der Waals surface area contributed by atoms with Crippen LogP contribution in [0.1, 0.15) is 18.9 Å². The predicted octanol–water partition coefficient (Wildman–Crippen LogP) is 2.85. The Kier molecular flexibility index (Phi) is 5.40. The second-order valence-electron chi connectivity index (χ2n) is 3.55. The van der Waals surface area contributed by atoms with Crippen LogP contribution in [0.2, 0.25) is 10.0 Å². The number of hydrogen-bond donors (Lipinski definition) is 2. The average Bonchev–Trinajstić information content (AvgIpc) is 2.17. The van der Waals surface area contributed by atoms with Gasteiger partial charge in [0.15, 0.2) is 0 Å². The quantitative estimate of drug-likeness (QED) is 0.785. The standard InChI is InChI=1S/C11H15Cl2NO/c1-8(15)4-5-14-7-9-6-10(12)2-3-11(9)13/h2-3,6,8,14-15H,4-5,7H2,1H3. The fourth-order valence-electron chi connectivity index (χ4n) is 1.21. The van der Waals surface area contributed by atoms with E-state index in [0.29, 0.717) is 16.6 Å². The molecular formula is C11H15Cl2NO. The highest BCUT2D eigenvalue weighted by Crippen LogP contribution is 2.20. The molecule has 0 aliphatic carbocycles. The lowest BCUT2D eigenvalue weighted by Gasteiger charge is -2.08. The van der Waals surface area contributed by atoms with Crippen LogP contribution in [0.15, 0.2) is 18.2 Å². The first-order chi connectivity index (χ1) is 7.09. The Labute approximate surface area is 100 Å². The Morgan fingerprint density at radius 1 is 1.40 bits per heavy atom. The van der Waals surface area contributed by atoms with Crippen molar-refractivity contribution >= 4 is 23.2 Å². The minimum absolute atomic E-state index is 0.271. The van der Waals surface area contributed by atoms with Crippen LogP contribution in [-0.4, -0.2) is 17.8 Å². The average molecular weight is 248 g/mol. The van der Waals surface area contributed by atoms with Crippen LogP contribution in [0.5, 0.6) is 0 Å². The number of hydrogen-bond acceptors (Lipinski definition) is 2. The molecule has 0 aromatic heterocycles. The van der Waals surface area contributed by atoms with Crippen molar-refractivity contribution < 1.29 is 5.11 Å². The molecule has 1 atom stereocenters. The molecule has 1 unspecified atom stereocenters. The number of halogens is 2. The van der Waals surface area contributed by atoms with E-state index in [1.54, 1.807) is 19.1 Å². The highest BCUT2D eigenvalue weighted by molar-refractivity contribution is 6.33. The second-order valence-corrected chi connectivity index (χ2v) is 4.39. The molecular weight excluding hydrogens is 233 g/mol. The van der Waals surface area contributed by atoms with Crippen LogP contribution in [0.3, 0.4) is 0 Å². The summed E-state index contributed by atoms with van der Waals surface area (Å²) < 4.78 is 0. The Hall–Kier alpha value is -0.280. The fraction of sp³-hybridized carbons (Fsp3) is 0.455. The van der Waals surface area contributed by atoms with Gasteiger partial charge in [0.2, 0.25) is 0 Å². The lowest BCUT2D eigenvalue weighted by Crippen LogP contribution is -2.18. The van der Waals surface area contributed by atoms with Crippen LogP contribution in [0, 0.1) is 0 Å². The minimum Gasteiger partial charge on any atom is -0.393 e. The fourth-order valence-corrected chi connectivity index (χ4v) is 1.59.